The Labute approximate surface area is 248 Å². The van der Waals surface area contributed by atoms with Crippen molar-refractivity contribution in [3.05, 3.63) is 65.1 Å². The Hall–Kier alpha value is -2.94. The molecule has 2 unspecified atom stereocenters. The van der Waals surface area contributed by atoms with Crippen molar-refractivity contribution >= 4 is 23.4 Å². The van der Waals surface area contributed by atoms with Crippen molar-refractivity contribution in [3.63, 3.8) is 0 Å². The molecular formula is C32H41ClN6O2. The smallest absolute Gasteiger partial charge is 0.309 e. The summed E-state index contributed by atoms with van der Waals surface area (Å²) in [7, 11) is 0. The van der Waals surface area contributed by atoms with Gasteiger partial charge in [-0.1, -0.05) is 42.8 Å². The molecule has 218 valence electrons. The average molecular weight is 577 g/mol. The molecule has 1 saturated carbocycles. The van der Waals surface area contributed by atoms with Gasteiger partial charge in [0.15, 0.2) is 0 Å². The maximum absolute atomic E-state index is 12.0. The van der Waals surface area contributed by atoms with E-state index >= 15 is 0 Å². The standard InChI is InChI=1S/C32H41ClN6O2/c1-3-25-21-38(31-29(33)17-24(19-36-31)30-34-11-12-35-30)15-16-39(25)26-9-13-37(14-10-26)20-22-5-7-23(8-6-22)27-18-28(27)32(40)41-4-2/h5-8,11-12,17,19,25-28H,3-4,9-10,13-16,18,20-21H2,1-2H3,(H,34,35)/t25-,27?,28?/m0/s1. The Bertz CT molecular complexity index is 1310. The average Bonchev–Trinajstić information content (AvgIpc) is 3.61. The van der Waals surface area contributed by atoms with Crippen LogP contribution in [-0.4, -0.2) is 82.1 Å². The van der Waals surface area contributed by atoms with Crippen LogP contribution in [0.1, 0.15) is 56.6 Å². The first-order chi connectivity index (χ1) is 20.0. The van der Waals surface area contributed by atoms with Gasteiger partial charge in [-0.3, -0.25) is 14.6 Å². The van der Waals surface area contributed by atoms with Gasteiger partial charge in [-0.2, -0.15) is 0 Å². The van der Waals surface area contributed by atoms with Gasteiger partial charge >= 0.3 is 5.97 Å². The highest BCUT2D eigenvalue weighted by molar-refractivity contribution is 6.33. The number of piperazine rings is 1. The van der Waals surface area contributed by atoms with Crippen molar-refractivity contribution in [1.82, 2.24) is 24.8 Å². The predicted molar refractivity (Wildman–Crippen MR) is 162 cm³/mol. The third-order valence-corrected chi connectivity index (χ3v) is 9.39. The lowest BCUT2D eigenvalue weighted by atomic mass is 9.97. The number of aromatic amines is 1. The number of pyridine rings is 1. The molecule has 2 aliphatic heterocycles. The number of carbonyl (C=O) groups is 1. The minimum atomic E-state index is -0.0450. The number of aromatic nitrogens is 3. The molecular weight excluding hydrogens is 536 g/mol. The minimum Gasteiger partial charge on any atom is -0.466 e. The summed E-state index contributed by atoms with van der Waals surface area (Å²) < 4.78 is 5.19. The number of hydrogen-bond acceptors (Lipinski definition) is 7. The number of likely N-dealkylation sites (tertiary alicyclic amines) is 1. The van der Waals surface area contributed by atoms with Crippen molar-refractivity contribution in [3.8, 4) is 11.4 Å². The summed E-state index contributed by atoms with van der Waals surface area (Å²) in [4.78, 5) is 31.9. The zero-order chi connectivity index (χ0) is 28.3. The number of halogens is 1. The van der Waals surface area contributed by atoms with E-state index in [0.29, 0.717) is 29.6 Å². The number of imidazole rings is 1. The molecule has 3 aliphatic rings. The number of ether oxygens (including phenoxy) is 1. The normalized spacial score (nSPS) is 24.0. The van der Waals surface area contributed by atoms with Gasteiger partial charge in [-0.05, 0) is 68.8 Å². The van der Waals surface area contributed by atoms with Crippen LogP contribution in [-0.2, 0) is 16.1 Å². The molecule has 1 aromatic carbocycles. The summed E-state index contributed by atoms with van der Waals surface area (Å²) in [5.41, 5.74) is 3.52. The van der Waals surface area contributed by atoms with E-state index in [4.69, 9.17) is 21.3 Å². The number of esters is 1. The summed E-state index contributed by atoms with van der Waals surface area (Å²) in [6, 6.07) is 12.0. The fraction of sp³-hybridized carbons (Fsp3) is 0.531. The van der Waals surface area contributed by atoms with Gasteiger partial charge in [0, 0.05) is 62.4 Å². The molecule has 8 nitrogen and oxygen atoms in total. The molecule has 0 bridgehead atoms. The molecule has 2 aromatic heterocycles. The van der Waals surface area contributed by atoms with Crippen molar-refractivity contribution in [2.75, 3.05) is 44.2 Å². The van der Waals surface area contributed by atoms with Gasteiger partial charge in [0.2, 0.25) is 0 Å². The number of H-pyrrole nitrogens is 1. The number of piperidine rings is 1. The first kappa shape index (κ1) is 28.2. The Morgan fingerprint density at radius 1 is 1.10 bits per heavy atom. The quantitative estimate of drug-likeness (QED) is 0.344. The number of benzene rings is 1. The van der Waals surface area contributed by atoms with E-state index in [0.717, 1.165) is 69.3 Å². The first-order valence-corrected chi connectivity index (χ1v) is 15.6. The Balaban J connectivity index is 0.993. The second-order valence-electron chi connectivity index (χ2n) is 11.7. The van der Waals surface area contributed by atoms with Crippen LogP contribution >= 0.6 is 11.6 Å². The van der Waals surface area contributed by atoms with Crippen LogP contribution in [0.5, 0.6) is 0 Å². The number of nitrogens with one attached hydrogen (secondary N) is 1. The molecule has 41 heavy (non-hydrogen) atoms. The maximum Gasteiger partial charge on any atom is 0.309 e. The summed E-state index contributed by atoms with van der Waals surface area (Å²) in [6.07, 6.45) is 9.85. The first-order valence-electron chi connectivity index (χ1n) is 15.2. The number of carbonyl (C=O) groups excluding carboxylic acids is 1. The van der Waals surface area contributed by atoms with Crippen LogP contribution in [0.2, 0.25) is 5.02 Å². The highest BCUT2D eigenvalue weighted by atomic mass is 35.5. The van der Waals surface area contributed by atoms with E-state index in [1.807, 2.05) is 25.4 Å². The molecule has 6 rings (SSSR count). The Morgan fingerprint density at radius 2 is 1.90 bits per heavy atom. The number of rotatable bonds is 9. The molecule has 3 fully saturated rings. The third kappa shape index (κ3) is 6.30. The lowest BCUT2D eigenvalue weighted by molar-refractivity contribution is -0.144. The van der Waals surface area contributed by atoms with Crippen LogP contribution < -0.4 is 4.90 Å². The van der Waals surface area contributed by atoms with Gasteiger partial charge in [-0.25, -0.2) is 9.97 Å². The maximum atomic E-state index is 12.0. The van der Waals surface area contributed by atoms with Crippen molar-refractivity contribution in [2.24, 2.45) is 5.92 Å². The summed E-state index contributed by atoms with van der Waals surface area (Å²) >= 11 is 6.71. The molecule has 4 heterocycles. The monoisotopic (exact) mass is 576 g/mol. The molecule has 1 aliphatic carbocycles. The third-order valence-electron chi connectivity index (χ3n) is 9.11. The fourth-order valence-electron chi connectivity index (χ4n) is 6.73. The summed E-state index contributed by atoms with van der Waals surface area (Å²) in [6.45, 7) is 10.8. The van der Waals surface area contributed by atoms with E-state index in [-0.39, 0.29) is 11.9 Å². The highest BCUT2D eigenvalue weighted by Crippen LogP contribution is 2.48. The van der Waals surface area contributed by atoms with Gasteiger partial charge in [0.1, 0.15) is 11.6 Å². The second kappa shape index (κ2) is 12.5. The number of hydrogen-bond donors (Lipinski definition) is 1. The van der Waals surface area contributed by atoms with Crippen molar-refractivity contribution < 1.29 is 9.53 Å². The summed E-state index contributed by atoms with van der Waals surface area (Å²) in [5.74, 6) is 2.00. The molecule has 9 heteroatoms. The zero-order valence-corrected chi connectivity index (χ0v) is 24.9. The van der Waals surface area contributed by atoms with Crippen LogP contribution in [0.4, 0.5) is 5.82 Å². The van der Waals surface area contributed by atoms with Crippen LogP contribution in [0.3, 0.4) is 0 Å². The lowest BCUT2D eigenvalue weighted by Gasteiger charge is -2.47. The molecule has 3 aromatic rings. The van der Waals surface area contributed by atoms with E-state index in [1.54, 1.807) is 6.20 Å². The number of nitrogens with zero attached hydrogens (tertiary/aromatic N) is 5. The van der Waals surface area contributed by atoms with E-state index in [1.165, 1.54) is 24.0 Å². The van der Waals surface area contributed by atoms with Gasteiger partial charge < -0.3 is 14.6 Å². The molecule has 3 atom stereocenters. The zero-order valence-electron chi connectivity index (χ0n) is 24.1. The second-order valence-corrected chi connectivity index (χ2v) is 12.1. The molecule has 0 radical (unpaired) electrons. The van der Waals surface area contributed by atoms with E-state index in [2.05, 4.69) is 55.9 Å². The van der Waals surface area contributed by atoms with Gasteiger partial charge in [0.25, 0.3) is 0 Å². The van der Waals surface area contributed by atoms with Crippen LogP contribution in [0, 0.1) is 5.92 Å². The highest BCUT2D eigenvalue weighted by Gasteiger charge is 2.45. The lowest BCUT2D eigenvalue weighted by Crippen LogP contribution is -2.58. The fourth-order valence-corrected chi connectivity index (χ4v) is 7.02. The molecule has 0 amide bonds. The largest absolute Gasteiger partial charge is 0.466 e. The van der Waals surface area contributed by atoms with E-state index in [9.17, 15) is 4.79 Å². The molecule has 0 spiro atoms. The van der Waals surface area contributed by atoms with Crippen molar-refractivity contribution in [2.45, 2.75) is 64.1 Å². The number of anilines is 1. The van der Waals surface area contributed by atoms with Crippen LogP contribution in [0.15, 0.2) is 48.9 Å². The van der Waals surface area contributed by atoms with Gasteiger partial charge in [-0.15, -0.1) is 0 Å². The topological polar surface area (TPSA) is 77.6 Å². The predicted octanol–water partition coefficient (Wildman–Crippen LogP) is 5.36. The molecule has 2 saturated heterocycles. The Morgan fingerprint density at radius 3 is 2.59 bits per heavy atom. The summed E-state index contributed by atoms with van der Waals surface area (Å²) in [5, 5.41) is 0.680. The Kier molecular flexibility index (Phi) is 8.60. The van der Waals surface area contributed by atoms with Crippen LogP contribution in [0.25, 0.3) is 11.4 Å². The van der Waals surface area contributed by atoms with Gasteiger partial charge in [0.05, 0.1) is 17.5 Å². The SMILES string of the molecule is CCOC(=O)C1CC1c1ccc(CN2CCC(N3CCN(c4ncc(-c5ncc[nH]5)cc4Cl)C[C@@H]3CC)CC2)cc1. The van der Waals surface area contributed by atoms with E-state index < -0.39 is 0 Å². The molecule has 1 N–H and O–H groups in total. The minimum absolute atomic E-state index is 0.0450. The van der Waals surface area contributed by atoms with Crippen molar-refractivity contribution in [1.29, 1.82) is 0 Å².